The number of hydrogen-bond acceptors (Lipinski definition) is 6. The van der Waals surface area contributed by atoms with Gasteiger partial charge in [-0.2, -0.15) is 5.10 Å². The van der Waals surface area contributed by atoms with Crippen molar-refractivity contribution in [3.8, 4) is 22.1 Å². The minimum atomic E-state index is 0.282. The van der Waals surface area contributed by atoms with Crippen molar-refractivity contribution in [3.63, 3.8) is 0 Å². The average molecular weight is 389 g/mol. The van der Waals surface area contributed by atoms with Gasteiger partial charge in [0.25, 0.3) is 0 Å². The molecule has 7 heteroatoms. The Balaban J connectivity index is 1.59. The van der Waals surface area contributed by atoms with Gasteiger partial charge >= 0.3 is 0 Å². The molecule has 0 aliphatic carbocycles. The van der Waals surface area contributed by atoms with Crippen molar-refractivity contribution in [1.29, 1.82) is 0 Å². The van der Waals surface area contributed by atoms with Crippen LogP contribution in [0.15, 0.2) is 48.1 Å². The standard InChI is InChI=1S/C21H19N5OS/c1-13-11-15(27)3-4-18(13)25-8-5-16-19(12-14(2)23-20(16)25)26-9-6-17(24-26)21-22-7-10-28-21/h3-4,6-7,9-12,27H,5,8H2,1-2H3. The number of hydrogen-bond donors (Lipinski definition) is 1. The van der Waals surface area contributed by atoms with Crippen LogP contribution in [0.3, 0.4) is 0 Å². The maximum atomic E-state index is 9.74. The second-order valence-corrected chi connectivity index (χ2v) is 7.83. The molecule has 0 atom stereocenters. The van der Waals surface area contributed by atoms with Crippen LogP contribution >= 0.6 is 11.3 Å². The number of benzene rings is 1. The van der Waals surface area contributed by atoms with E-state index in [1.54, 1.807) is 29.7 Å². The second kappa shape index (κ2) is 6.45. The van der Waals surface area contributed by atoms with Gasteiger partial charge in [-0.05, 0) is 56.2 Å². The van der Waals surface area contributed by atoms with Crippen molar-refractivity contribution in [2.45, 2.75) is 20.3 Å². The van der Waals surface area contributed by atoms with E-state index in [-0.39, 0.29) is 5.75 Å². The number of phenols is 1. The fraction of sp³-hybridized carbons (Fsp3) is 0.190. The van der Waals surface area contributed by atoms with Crippen LogP contribution in [0.4, 0.5) is 11.5 Å². The third kappa shape index (κ3) is 2.75. The molecule has 0 saturated heterocycles. The van der Waals surface area contributed by atoms with Crippen LogP contribution in [0, 0.1) is 13.8 Å². The predicted molar refractivity (Wildman–Crippen MR) is 111 cm³/mol. The summed E-state index contributed by atoms with van der Waals surface area (Å²) >= 11 is 1.59. The van der Waals surface area contributed by atoms with Crippen LogP contribution in [0.5, 0.6) is 5.75 Å². The molecule has 1 aliphatic heterocycles. The summed E-state index contributed by atoms with van der Waals surface area (Å²) in [5.74, 6) is 1.25. The number of fused-ring (bicyclic) bond motifs is 1. The smallest absolute Gasteiger partial charge is 0.143 e. The van der Waals surface area contributed by atoms with Gasteiger partial charge in [-0.1, -0.05) is 0 Å². The summed E-state index contributed by atoms with van der Waals surface area (Å²) in [5.41, 5.74) is 6.18. The van der Waals surface area contributed by atoms with Crippen LogP contribution in [0.25, 0.3) is 16.4 Å². The van der Waals surface area contributed by atoms with E-state index in [1.807, 2.05) is 42.2 Å². The molecule has 0 fully saturated rings. The first-order valence-electron chi connectivity index (χ1n) is 9.14. The molecule has 140 valence electrons. The fourth-order valence-corrected chi connectivity index (χ4v) is 4.36. The first-order chi connectivity index (χ1) is 13.6. The van der Waals surface area contributed by atoms with E-state index in [0.717, 1.165) is 52.1 Å². The summed E-state index contributed by atoms with van der Waals surface area (Å²) in [5, 5.41) is 17.4. The lowest BCUT2D eigenvalue weighted by atomic mass is 10.1. The lowest BCUT2D eigenvalue weighted by molar-refractivity contribution is 0.475. The van der Waals surface area contributed by atoms with E-state index in [9.17, 15) is 5.11 Å². The molecule has 0 saturated carbocycles. The first-order valence-corrected chi connectivity index (χ1v) is 10.0. The van der Waals surface area contributed by atoms with Crippen LogP contribution < -0.4 is 4.90 Å². The highest BCUT2D eigenvalue weighted by molar-refractivity contribution is 7.13. The molecule has 1 N–H and O–H groups in total. The fourth-order valence-electron chi connectivity index (χ4n) is 3.76. The second-order valence-electron chi connectivity index (χ2n) is 6.94. The van der Waals surface area contributed by atoms with Crippen molar-refractivity contribution in [3.05, 3.63) is 64.9 Å². The summed E-state index contributed by atoms with van der Waals surface area (Å²) in [6.45, 7) is 4.87. The Labute approximate surface area is 166 Å². The zero-order valence-electron chi connectivity index (χ0n) is 15.6. The number of rotatable bonds is 3. The SMILES string of the molecule is Cc1cc(-n2ccc(-c3nccs3)n2)c2c(n1)N(c1ccc(O)cc1C)CC2. The maximum Gasteiger partial charge on any atom is 0.143 e. The summed E-state index contributed by atoms with van der Waals surface area (Å²) in [6.07, 6.45) is 4.68. The molecule has 0 spiro atoms. The first kappa shape index (κ1) is 16.9. The van der Waals surface area contributed by atoms with Gasteiger partial charge in [0.15, 0.2) is 0 Å². The zero-order valence-corrected chi connectivity index (χ0v) is 16.4. The number of phenolic OH excluding ortho intramolecular Hbond substituents is 1. The minimum absolute atomic E-state index is 0.282. The number of nitrogens with zero attached hydrogens (tertiary/aromatic N) is 5. The number of anilines is 2. The van der Waals surface area contributed by atoms with Gasteiger partial charge in [-0.3, -0.25) is 0 Å². The quantitative estimate of drug-likeness (QED) is 0.562. The third-order valence-electron chi connectivity index (χ3n) is 5.01. The Kier molecular flexibility index (Phi) is 3.91. The van der Waals surface area contributed by atoms with Crippen LogP contribution in [-0.4, -0.2) is 31.4 Å². The Morgan fingerprint density at radius 3 is 2.79 bits per heavy atom. The molecular weight excluding hydrogens is 370 g/mol. The molecule has 0 unspecified atom stereocenters. The molecule has 1 aromatic carbocycles. The average Bonchev–Trinajstić information content (AvgIpc) is 3.41. The largest absolute Gasteiger partial charge is 0.508 e. The summed E-state index contributed by atoms with van der Waals surface area (Å²) in [4.78, 5) is 11.4. The Hall–Kier alpha value is -3.19. The van der Waals surface area contributed by atoms with Gasteiger partial charge < -0.3 is 10.0 Å². The van der Waals surface area contributed by atoms with Crippen LogP contribution in [0.1, 0.15) is 16.8 Å². The van der Waals surface area contributed by atoms with E-state index < -0.39 is 0 Å². The van der Waals surface area contributed by atoms with Gasteiger partial charge in [0, 0.05) is 41.3 Å². The molecule has 3 aromatic heterocycles. The van der Waals surface area contributed by atoms with Gasteiger partial charge in [0.1, 0.15) is 22.3 Å². The summed E-state index contributed by atoms with van der Waals surface area (Å²) in [6, 6.07) is 9.56. The molecule has 1 aliphatic rings. The molecule has 4 heterocycles. The van der Waals surface area contributed by atoms with E-state index in [2.05, 4.69) is 16.0 Å². The monoisotopic (exact) mass is 389 g/mol. The highest BCUT2D eigenvalue weighted by atomic mass is 32.1. The van der Waals surface area contributed by atoms with Gasteiger partial charge in [0.2, 0.25) is 0 Å². The van der Waals surface area contributed by atoms with Crippen molar-refractivity contribution >= 4 is 22.8 Å². The maximum absolute atomic E-state index is 9.74. The Morgan fingerprint density at radius 2 is 2.00 bits per heavy atom. The lowest BCUT2D eigenvalue weighted by Gasteiger charge is -2.21. The highest BCUT2D eigenvalue weighted by Crippen LogP contribution is 2.38. The number of pyridine rings is 1. The highest BCUT2D eigenvalue weighted by Gasteiger charge is 2.27. The number of aryl methyl sites for hydroxylation is 2. The molecule has 28 heavy (non-hydrogen) atoms. The molecule has 0 bridgehead atoms. The van der Waals surface area contributed by atoms with Gasteiger partial charge in [-0.25, -0.2) is 14.6 Å². The molecule has 0 amide bonds. The van der Waals surface area contributed by atoms with Crippen LogP contribution in [0.2, 0.25) is 0 Å². The van der Waals surface area contributed by atoms with E-state index in [0.29, 0.717) is 0 Å². The van der Waals surface area contributed by atoms with E-state index >= 15 is 0 Å². The summed E-state index contributed by atoms with van der Waals surface area (Å²) < 4.78 is 1.93. The molecule has 6 nitrogen and oxygen atoms in total. The van der Waals surface area contributed by atoms with Gasteiger partial charge in [0.05, 0.1) is 5.69 Å². The molecule has 4 aromatic rings. The molecule has 5 rings (SSSR count). The molecule has 0 radical (unpaired) electrons. The molecular formula is C21H19N5OS. The van der Waals surface area contributed by atoms with Crippen LogP contribution in [-0.2, 0) is 6.42 Å². The minimum Gasteiger partial charge on any atom is -0.508 e. The van der Waals surface area contributed by atoms with E-state index in [1.165, 1.54) is 5.56 Å². The third-order valence-corrected chi connectivity index (χ3v) is 5.80. The Morgan fingerprint density at radius 1 is 1.11 bits per heavy atom. The predicted octanol–water partition coefficient (Wildman–Crippen LogP) is 4.41. The van der Waals surface area contributed by atoms with E-state index in [4.69, 9.17) is 10.1 Å². The van der Waals surface area contributed by atoms with Crippen molar-refractivity contribution in [2.75, 3.05) is 11.4 Å². The van der Waals surface area contributed by atoms with Crippen molar-refractivity contribution in [1.82, 2.24) is 19.7 Å². The number of thiazole rings is 1. The number of aromatic hydroxyl groups is 1. The normalized spacial score (nSPS) is 13.1. The lowest BCUT2D eigenvalue weighted by Crippen LogP contribution is -2.15. The van der Waals surface area contributed by atoms with Gasteiger partial charge in [-0.15, -0.1) is 11.3 Å². The van der Waals surface area contributed by atoms with Crippen molar-refractivity contribution < 1.29 is 5.11 Å². The summed E-state index contributed by atoms with van der Waals surface area (Å²) in [7, 11) is 0. The number of aromatic nitrogens is 4. The topological polar surface area (TPSA) is 67.1 Å². The Bertz CT molecular complexity index is 1170. The zero-order chi connectivity index (χ0) is 19.3. The van der Waals surface area contributed by atoms with Crippen molar-refractivity contribution in [2.24, 2.45) is 0 Å².